The van der Waals surface area contributed by atoms with Gasteiger partial charge in [0.2, 0.25) is 6.41 Å². The molecule has 0 aromatic carbocycles. The second kappa shape index (κ2) is 13.2. The van der Waals surface area contributed by atoms with Gasteiger partial charge in [0.1, 0.15) is 34.9 Å². The van der Waals surface area contributed by atoms with E-state index in [0.29, 0.717) is 34.4 Å². The number of anilines is 1. The predicted octanol–water partition coefficient (Wildman–Crippen LogP) is 2.00. The maximum absolute atomic E-state index is 13.2. The Hall–Kier alpha value is -3.02. The maximum Gasteiger partial charge on any atom is 0.352 e. The fourth-order valence-electron chi connectivity index (χ4n) is 3.61. The van der Waals surface area contributed by atoms with Gasteiger partial charge in [0.15, 0.2) is 15.2 Å². The minimum atomic E-state index is -1.21. The van der Waals surface area contributed by atoms with Crippen LogP contribution in [-0.2, 0) is 24.0 Å². The number of carboxylic acids is 1. The number of thioether (sulfide) groups is 2. The van der Waals surface area contributed by atoms with Crippen molar-refractivity contribution in [2.45, 2.75) is 41.9 Å². The number of oxime groups is 1. The lowest BCUT2D eigenvalue weighted by Crippen LogP contribution is -2.71. The minimum Gasteiger partial charge on any atom is -0.477 e. The molecule has 2 aromatic heterocycles. The van der Waals surface area contributed by atoms with Gasteiger partial charge < -0.3 is 20.6 Å². The van der Waals surface area contributed by atoms with Crippen molar-refractivity contribution in [2.75, 3.05) is 23.4 Å². The van der Waals surface area contributed by atoms with Crippen LogP contribution in [0.15, 0.2) is 31.7 Å². The van der Waals surface area contributed by atoms with E-state index in [1.165, 1.54) is 45.1 Å². The van der Waals surface area contributed by atoms with Crippen LogP contribution in [0.2, 0.25) is 0 Å². The summed E-state index contributed by atoms with van der Waals surface area (Å²) in [5.74, 6) is -1.70. The third-order valence-electron chi connectivity index (χ3n) is 5.39. The number of aliphatic carboxylic acids is 1. The summed E-state index contributed by atoms with van der Waals surface area (Å²) >= 11 is 5.17. The number of amides is 3. The van der Waals surface area contributed by atoms with Crippen LogP contribution in [0.5, 0.6) is 0 Å². The quantitative estimate of drug-likeness (QED) is 0.0725. The molecule has 13 nitrogen and oxygen atoms in total. The Kier molecular flexibility index (Phi) is 9.70. The number of nitrogens with zero attached hydrogens (tertiary/aromatic N) is 5. The van der Waals surface area contributed by atoms with Crippen molar-refractivity contribution in [3.05, 3.63) is 27.9 Å². The summed E-state index contributed by atoms with van der Waals surface area (Å²) in [5, 5.41) is 27.9. The first-order chi connectivity index (χ1) is 18.4. The minimum absolute atomic E-state index is 0.0708. The Morgan fingerprint density at radius 1 is 1.37 bits per heavy atom. The molecule has 0 spiro atoms. The molecule has 38 heavy (non-hydrogen) atoms. The molecule has 1 unspecified atom stereocenters. The van der Waals surface area contributed by atoms with E-state index < -0.39 is 29.2 Å². The van der Waals surface area contributed by atoms with Crippen LogP contribution in [0.3, 0.4) is 0 Å². The summed E-state index contributed by atoms with van der Waals surface area (Å²) in [6.45, 7) is 2.35. The van der Waals surface area contributed by atoms with Gasteiger partial charge in [0.05, 0.1) is 0 Å². The number of carboxylic acid groups (broad SMARTS) is 1. The number of fused-ring (bicyclic) bond motifs is 1. The molecule has 1 saturated heterocycles. The number of hydrogen-bond acceptors (Lipinski definition) is 13. The van der Waals surface area contributed by atoms with E-state index in [1.807, 2.05) is 6.92 Å². The average molecular weight is 598 g/mol. The molecule has 1 fully saturated rings. The van der Waals surface area contributed by atoms with Crippen molar-refractivity contribution in [3.63, 3.8) is 0 Å². The number of carbonyl (C=O) groups excluding carboxylic acids is 3. The molecule has 2 aliphatic rings. The fourth-order valence-corrected chi connectivity index (χ4v) is 7.24. The number of rotatable bonds is 14. The van der Waals surface area contributed by atoms with Gasteiger partial charge >= 0.3 is 5.97 Å². The van der Waals surface area contributed by atoms with Crippen LogP contribution in [0, 0.1) is 0 Å². The number of thiazole rings is 1. The summed E-state index contributed by atoms with van der Waals surface area (Å²) < 4.78 is 0.701. The third kappa shape index (κ3) is 6.33. The zero-order valence-electron chi connectivity index (χ0n) is 20.0. The zero-order chi connectivity index (χ0) is 27.1. The monoisotopic (exact) mass is 597 g/mol. The first-order valence-corrected chi connectivity index (χ1v) is 15.2. The lowest BCUT2D eigenvalue weighted by Gasteiger charge is -2.49. The van der Waals surface area contributed by atoms with Gasteiger partial charge in [0, 0.05) is 16.9 Å². The van der Waals surface area contributed by atoms with Gasteiger partial charge in [-0.25, -0.2) is 9.78 Å². The summed E-state index contributed by atoms with van der Waals surface area (Å²) in [7, 11) is 0. The van der Waals surface area contributed by atoms with Crippen molar-refractivity contribution in [1.82, 2.24) is 25.4 Å². The van der Waals surface area contributed by atoms with Gasteiger partial charge in [-0.1, -0.05) is 48.0 Å². The SMILES string of the molecule is CCCCCON=C(C(=O)NC1C(=O)N2C(C(=O)O)=C(CSc3nncs3)CS[C@H]12)c1csc(NC=O)n1. The normalized spacial score (nSPS) is 19.0. The molecule has 2 atom stereocenters. The Labute approximate surface area is 233 Å². The molecular formula is C21H23N7O6S4. The zero-order valence-corrected chi connectivity index (χ0v) is 23.3. The molecule has 3 N–H and O–H groups in total. The smallest absolute Gasteiger partial charge is 0.352 e. The number of aromatic nitrogens is 3. The highest BCUT2D eigenvalue weighted by Gasteiger charge is 2.54. The number of unbranched alkanes of at least 4 members (excludes halogenated alkanes) is 2. The van der Waals surface area contributed by atoms with Gasteiger partial charge in [-0.3, -0.25) is 19.3 Å². The van der Waals surface area contributed by atoms with Gasteiger partial charge in [-0.15, -0.1) is 33.3 Å². The van der Waals surface area contributed by atoms with E-state index in [2.05, 4.69) is 31.0 Å². The Morgan fingerprint density at radius 3 is 2.92 bits per heavy atom. The lowest BCUT2D eigenvalue weighted by atomic mass is 10.0. The van der Waals surface area contributed by atoms with E-state index in [0.717, 1.165) is 30.6 Å². The number of β-lactam (4-membered cyclic amide) rings is 1. The van der Waals surface area contributed by atoms with Crippen molar-refractivity contribution < 1.29 is 29.1 Å². The number of carbonyl (C=O) groups is 4. The average Bonchev–Trinajstić information content (AvgIpc) is 3.60. The van der Waals surface area contributed by atoms with E-state index in [9.17, 15) is 24.3 Å². The molecular weight excluding hydrogens is 575 g/mol. The fraction of sp³-hybridized carbons (Fsp3) is 0.429. The molecule has 4 rings (SSSR count). The summed E-state index contributed by atoms with van der Waals surface area (Å²) in [5.41, 5.74) is 2.14. The highest BCUT2D eigenvalue weighted by atomic mass is 32.2. The van der Waals surface area contributed by atoms with E-state index >= 15 is 0 Å². The van der Waals surface area contributed by atoms with Crippen molar-refractivity contribution in [2.24, 2.45) is 5.16 Å². The van der Waals surface area contributed by atoms with E-state index in [-0.39, 0.29) is 22.2 Å². The highest BCUT2D eigenvalue weighted by Crippen LogP contribution is 2.41. The highest BCUT2D eigenvalue weighted by molar-refractivity contribution is 8.01. The van der Waals surface area contributed by atoms with Gasteiger partial charge in [-0.05, 0) is 12.0 Å². The van der Waals surface area contributed by atoms with Gasteiger partial charge in [-0.2, -0.15) is 0 Å². The largest absolute Gasteiger partial charge is 0.477 e. The number of hydrogen-bond donors (Lipinski definition) is 3. The molecule has 17 heteroatoms. The lowest BCUT2D eigenvalue weighted by molar-refractivity contribution is -0.150. The summed E-state index contributed by atoms with van der Waals surface area (Å²) in [6.07, 6.45) is 3.15. The number of nitrogens with one attached hydrogen (secondary N) is 2. The molecule has 0 aliphatic carbocycles. The van der Waals surface area contributed by atoms with Crippen LogP contribution < -0.4 is 10.6 Å². The van der Waals surface area contributed by atoms with Crippen molar-refractivity contribution in [3.8, 4) is 0 Å². The second-order valence-electron chi connectivity index (χ2n) is 7.89. The second-order valence-corrected chi connectivity index (χ2v) is 11.9. The molecule has 4 heterocycles. The molecule has 0 radical (unpaired) electrons. The molecule has 202 valence electrons. The van der Waals surface area contributed by atoms with Gasteiger partial charge in [0.25, 0.3) is 11.8 Å². The van der Waals surface area contributed by atoms with Crippen LogP contribution in [0.4, 0.5) is 5.13 Å². The molecule has 0 bridgehead atoms. The maximum atomic E-state index is 13.2. The van der Waals surface area contributed by atoms with Crippen molar-refractivity contribution >= 4 is 81.2 Å². The third-order valence-corrected chi connectivity index (χ3v) is 9.45. The summed E-state index contributed by atoms with van der Waals surface area (Å²) in [4.78, 5) is 59.8. The molecule has 2 aromatic rings. The van der Waals surface area contributed by atoms with E-state index in [4.69, 9.17) is 4.84 Å². The predicted molar refractivity (Wildman–Crippen MR) is 144 cm³/mol. The van der Waals surface area contributed by atoms with Crippen molar-refractivity contribution in [1.29, 1.82) is 0 Å². The first kappa shape index (κ1) is 28.0. The van der Waals surface area contributed by atoms with Crippen LogP contribution in [-0.4, -0.2) is 84.6 Å². The standard InChI is InChI=1S/C21H23N7O6S4/c1-2-3-4-5-34-27-13(12-8-36-20(24-12)22-9-29)16(30)25-14-17(31)28-15(19(32)33)11(6-35-18(14)28)7-37-21-26-23-10-38-21/h8-10,14,18H,2-7H2,1H3,(H,25,30)(H,32,33)(H,22,24,29)/t14?,18-/m1/s1. The Balaban J connectivity index is 1.47. The molecule has 0 saturated carbocycles. The van der Waals surface area contributed by atoms with E-state index in [1.54, 1.807) is 5.51 Å². The van der Waals surface area contributed by atoms with Crippen LogP contribution in [0.1, 0.15) is 31.9 Å². The topological polar surface area (TPSA) is 176 Å². The Bertz CT molecular complexity index is 1250. The molecule has 3 amide bonds. The van der Waals surface area contributed by atoms with Crippen LogP contribution in [0.25, 0.3) is 0 Å². The first-order valence-electron chi connectivity index (χ1n) is 11.4. The summed E-state index contributed by atoms with van der Waals surface area (Å²) in [6, 6.07) is -0.948. The molecule has 2 aliphatic heterocycles. The van der Waals surface area contributed by atoms with Crippen LogP contribution >= 0.6 is 46.2 Å². The Morgan fingerprint density at radius 2 is 2.21 bits per heavy atom.